The summed E-state index contributed by atoms with van der Waals surface area (Å²) in [6.07, 6.45) is 17.1. The molecule has 0 N–H and O–H groups in total. The number of para-hydroxylation sites is 2. The first-order valence-electron chi connectivity index (χ1n) is 27.3. The standard InChI is InChI=1S/C70H48N12/c1-3-4-10-25-44(2)62-71-63(45-26-11-5-12-27-45)75-68(74-62)80-56-38-23-21-36-50(56)52-40-60-54(42-58(52)80)55-43-59-53(41-61(55)82(60)70-78-66(48-32-17-8-18-33-48)73-67(79-70)49-34-19-9-20-35-49)51-37-22-24-39-57(51)81(59)69-76-64(46-28-13-6-14-29-46)72-65(77-69)47-30-15-7-16-31-47/h3-30,32-43,47H,2,31H2,1H3/b4-3-,25-10-. The molecule has 0 aliphatic heterocycles. The molecule has 14 aromatic rings. The number of allylic oxidation sites excluding steroid dienone is 9. The lowest BCUT2D eigenvalue weighted by molar-refractivity contribution is 0.750. The zero-order valence-corrected chi connectivity index (χ0v) is 44.5. The SMILES string of the molecule is C=C(/C=C\C=C/C)c1nc(-c2ccccc2)nc(-n2c3ccccc3c3cc4c(cc32)c2cc3c(cc2n4-c2nc(-c4ccccc4)nc(-c4ccccc4)n2)c2ccccc2n3-c2nc(-c3ccccc3)nc(C3C=CC=CC3)n2)n1. The maximum Gasteiger partial charge on any atom is 0.238 e. The van der Waals surface area contributed by atoms with Crippen LogP contribution < -0.4 is 0 Å². The van der Waals surface area contributed by atoms with E-state index in [0.717, 1.165) is 94.1 Å². The van der Waals surface area contributed by atoms with Crippen LogP contribution in [0.5, 0.6) is 0 Å². The van der Waals surface area contributed by atoms with Gasteiger partial charge in [-0.05, 0) is 49.7 Å². The molecule has 388 valence electrons. The van der Waals surface area contributed by atoms with Crippen molar-refractivity contribution in [3.05, 3.63) is 261 Å². The minimum atomic E-state index is -0.0277. The summed E-state index contributed by atoms with van der Waals surface area (Å²) in [7, 11) is 0. The summed E-state index contributed by atoms with van der Waals surface area (Å²) in [6, 6.07) is 66.4. The van der Waals surface area contributed by atoms with E-state index in [1.54, 1.807) is 0 Å². The molecule has 0 saturated carbocycles. The molecule has 0 radical (unpaired) electrons. The molecule has 0 saturated heterocycles. The molecule has 82 heavy (non-hydrogen) atoms. The van der Waals surface area contributed by atoms with Gasteiger partial charge in [-0.1, -0.05) is 213 Å². The first kappa shape index (κ1) is 48.1. The summed E-state index contributed by atoms with van der Waals surface area (Å²) in [5.74, 6) is 4.86. The molecule has 15 rings (SSSR count). The molecule has 1 aliphatic carbocycles. The summed E-state index contributed by atoms with van der Waals surface area (Å²) in [6.45, 7) is 6.41. The van der Waals surface area contributed by atoms with Gasteiger partial charge in [0.2, 0.25) is 17.8 Å². The predicted octanol–water partition coefficient (Wildman–Crippen LogP) is 15.9. The molecule has 0 amide bonds. The van der Waals surface area contributed by atoms with Crippen LogP contribution in [0.15, 0.2) is 249 Å². The summed E-state index contributed by atoms with van der Waals surface area (Å²) < 4.78 is 6.55. The fourth-order valence-corrected chi connectivity index (χ4v) is 11.3. The summed E-state index contributed by atoms with van der Waals surface area (Å²) in [5.41, 5.74) is 9.67. The van der Waals surface area contributed by atoms with Crippen molar-refractivity contribution >= 4 is 71.0 Å². The Morgan fingerprint density at radius 1 is 0.402 bits per heavy atom. The number of hydrogen-bond donors (Lipinski definition) is 0. The van der Waals surface area contributed by atoms with Crippen LogP contribution in [-0.4, -0.2) is 58.6 Å². The van der Waals surface area contributed by atoms with Gasteiger partial charge in [-0.15, -0.1) is 0 Å². The molecular weight excluding hydrogens is 1010 g/mol. The van der Waals surface area contributed by atoms with Crippen molar-refractivity contribution in [1.29, 1.82) is 0 Å². The smallest absolute Gasteiger partial charge is 0.238 e. The van der Waals surface area contributed by atoms with Gasteiger partial charge in [-0.3, -0.25) is 13.7 Å². The van der Waals surface area contributed by atoms with E-state index in [4.69, 9.17) is 44.9 Å². The first-order valence-corrected chi connectivity index (χ1v) is 27.3. The first-order chi connectivity index (χ1) is 40.5. The Kier molecular flexibility index (Phi) is 11.7. The molecule has 1 atom stereocenters. The number of hydrogen-bond acceptors (Lipinski definition) is 9. The second-order valence-corrected chi connectivity index (χ2v) is 20.2. The second kappa shape index (κ2) is 20.0. The molecule has 0 spiro atoms. The minimum absolute atomic E-state index is 0.0277. The predicted molar refractivity (Wildman–Crippen MR) is 330 cm³/mol. The zero-order valence-electron chi connectivity index (χ0n) is 44.5. The highest BCUT2D eigenvalue weighted by molar-refractivity contribution is 6.22. The molecule has 12 nitrogen and oxygen atoms in total. The minimum Gasteiger partial charge on any atom is -0.278 e. The Hall–Kier alpha value is -11.1. The molecule has 12 heteroatoms. The lowest BCUT2D eigenvalue weighted by atomic mass is 10.00. The summed E-state index contributed by atoms with van der Waals surface area (Å²) >= 11 is 0. The highest BCUT2D eigenvalue weighted by Gasteiger charge is 2.26. The van der Waals surface area contributed by atoms with E-state index in [0.29, 0.717) is 58.4 Å². The van der Waals surface area contributed by atoms with Gasteiger partial charge in [0.15, 0.2) is 29.1 Å². The fraction of sp³-hybridized carbons (Fsp3) is 0.0429. The maximum absolute atomic E-state index is 5.39. The van der Waals surface area contributed by atoms with E-state index in [1.165, 1.54) is 0 Å². The van der Waals surface area contributed by atoms with Gasteiger partial charge in [-0.2, -0.15) is 29.9 Å². The van der Waals surface area contributed by atoms with E-state index >= 15 is 0 Å². The van der Waals surface area contributed by atoms with Crippen LogP contribution >= 0.6 is 0 Å². The van der Waals surface area contributed by atoms with Crippen LogP contribution in [0.25, 0.3) is 134 Å². The summed E-state index contributed by atoms with van der Waals surface area (Å²) in [5, 5.41) is 5.95. The summed E-state index contributed by atoms with van der Waals surface area (Å²) in [4.78, 5) is 47.3. The van der Waals surface area contributed by atoms with Gasteiger partial charge in [0.1, 0.15) is 5.82 Å². The van der Waals surface area contributed by atoms with Crippen LogP contribution in [-0.2, 0) is 0 Å². The Morgan fingerprint density at radius 3 is 1.27 bits per heavy atom. The van der Waals surface area contributed by atoms with Gasteiger partial charge in [-0.25, -0.2) is 15.0 Å². The molecule has 1 aliphatic rings. The third-order valence-electron chi connectivity index (χ3n) is 15.2. The zero-order chi connectivity index (χ0) is 54.7. The second-order valence-electron chi connectivity index (χ2n) is 20.2. The number of fused-ring (bicyclic) bond motifs is 9. The average molecular weight is 1060 g/mol. The van der Waals surface area contributed by atoms with E-state index in [2.05, 4.69) is 130 Å². The molecule has 0 bridgehead atoms. The maximum atomic E-state index is 5.39. The fourth-order valence-electron chi connectivity index (χ4n) is 11.3. The van der Waals surface area contributed by atoms with Crippen molar-refractivity contribution < 1.29 is 0 Å². The van der Waals surface area contributed by atoms with Crippen molar-refractivity contribution in [2.75, 3.05) is 0 Å². The van der Waals surface area contributed by atoms with Crippen LogP contribution in [0.4, 0.5) is 0 Å². The quantitative estimate of drug-likeness (QED) is 0.116. The Bertz CT molecular complexity index is 4920. The van der Waals surface area contributed by atoms with Crippen molar-refractivity contribution in [2.45, 2.75) is 19.3 Å². The lowest BCUT2D eigenvalue weighted by Gasteiger charge is -2.15. The largest absolute Gasteiger partial charge is 0.278 e. The number of rotatable bonds is 11. The molecule has 8 aromatic carbocycles. The van der Waals surface area contributed by atoms with Crippen LogP contribution in [0, 0.1) is 0 Å². The highest BCUT2D eigenvalue weighted by Crippen LogP contribution is 2.43. The van der Waals surface area contributed by atoms with Crippen LogP contribution in [0.1, 0.15) is 30.9 Å². The number of benzene rings is 8. The monoisotopic (exact) mass is 1060 g/mol. The Balaban J connectivity index is 1.06. The molecule has 1 unspecified atom stereocenters. The van der Waals surface area contributed by atoms with Gasteiger partial charge in [0.25, 0.3) is 0 Å². The van der Waals surface area contributed by atoms with Gasteiger partial charge in [0.05, 0.1) is 33.1 Å². The molecule has 6 heterocycles. The molecule has 0 fully saturated rings. The third kappa shape index (κ3) is 8.27. The van der Waals surface area contributed by atoms with Gasteiger partial charge in [0, 0.05) is 66.1 Å². The van der Waals surface area contributed by atoms with Gasteiger partial charge < -0.3 is 0 Å². The van der Waals surface area contributed by atoms with E-state index in [1.807, 2.05) is 140 Å². The molecular formula is C70H48N12. The lowest BCUT2D eigenvalue weighted by Crippen LogP contribution is -2.11. The van der Waals surface area contributed by atoms with E-state index in [9.17, 15) is 0 Å². The Morgan fingerprint density at radius 2 is 0.805 bits per heavy atom. The van der Waals surface area contributed by atoms with Gasteiger partial charge >= 0.3 is 0 Å². The van der Waals surface area contributed by atoms with Crippen LogP contribution in [0.3, 0.4) is 0 Å². The average Bonchev–Trinajstić information content (AvgIpc) is 2.50. The number of aromatic nitrogens is 12. The van der Waals surface area contributed by atoms with E-state index in [-0.39, 0.29) is 5.92 Å². The normalized spacial score (nSPS) is 13.6. The van der Waals surface area contributed by atoms with Crippen molar-refractivity contribution in [3.63, 3.8) is 0 Å². The highest BCUT2D eigenvalue weighted by atomic mass is 15.2. The topological polar surface area (TPSA) is 131 Å². The third-order valence-corrected chi connectivity index (χ3v) is 15.2. The Labute approximate surface area is 470 Å². The van der Waals surface area contributed by atoms with E-state index < -0.39 is 0 Å². The number of nitrogens with zero attached hydrogens (tertiary/aromatic N) is 12. The van der Waals surface area contributed by atoms with Crippen LogP contribution in [0.2, 0.25) is 0 Å². The van der Waals surface area contributed by atoms with Crippen molar-refractivity contribution in [2.24, 2.45) is 0 Å². The molecule has 6 aromatic heterocycles. The van der Waals surface area contributed by atoms with Crippen molar-refractivity contribution in [3.8, 4) is 63.4 Å². The van der Waals surface area contributed by atoms with Crippen molar-refractivity contribution in [1.82, 2.24) is 58.6 Å².